The first kappa shape index (κ1) is 15.7. The highest BCUT2D eigenvalue weighted by Gasteiger charge is 2.02. The third-order valence-corrected chi connectivity index (χ3v) is 3.24. The van der Waals surface area contributed by atoms with Crippen LogP contribution in [0, 0.1) is 11.8 Å². The van der Waals surface area contributed by atoms with Gasteiger partial charge in [0.05, 0.1) is 11.6 Å². The van der Waals surface area contributed by atoms with Crippen molar-refractivity contribution in [2.24, 2.45) is 0 Å². The van der Waals surface area contributed by atoms with Crippen molar-refractivity contribution in [3.63, 3.8) is 0 Å². The third kappa shape index (κ3) is 4.99. The maximum absolute atomic E-state index is 8.67. The molecule has 2 nitrogen and oxygen atoms in total. The summed E-state index contributed by atoms with van der Waals surface area (Å²) in [5.74, 6) is 6.46. The van der Waals surface area contributed by atoms with Gasteiger partial charge in [0.1, 0.15) is 12.4 Å². The summed E-state index contributed by atoms with van der Waals surface area (Å²) in [7, 11) is 0. The van der Waals surface area contributed by atoms with Crippen LogP contribution >= 0.6 is 23.2 Å². The van der Waals surface area contributed by atoms with Gasteiger partial charge in [-0.15, -0.1) is 0 Å². The number of aliphatic hydroxyl groups is 1. The van der Waals surface area contributed by atoms with Crippen LogP contribution in [0.2, 0.25) is 10.0 Å². The van der Waals surface area contributed by atoms with Gasteiger partial charge in [-0.2, -0.15) is 0 Å². The van der Waals surface area contributed by atoms with Gasteiger partial charge in [-0.1, -0.05) is 47.2 Å². The van der Waals surface area contributed by atoms with E-state index in [0.717, 1.165) is 11.1 Å². The Morgan fingerprint density at radius 1 is 1.05 bits per heavy atom. The minimum atomic E-state index is 0.0841. The molecule has 108 valence electrons. The molecule has 0 amide bonds. The highest BCUT2D eigenvalue weighted by atomic mass is 35.5. The largest absolute Gasteiger partial charge is 0.487 e. The van der Waals surface area contributed by atoms with Gasteiger partial charge >= 0.3 is 0 Å². The fourth-order valence-electron chi connectivity index (χ4n) is 1.66. The molecule has 2 rings (SSSR count). The molecule has 0 atom stereocenters. The number of ether oxygens (including phenoxy) is 1. The van der Waals surface area contributed by atoms with E-state index in [9.17, 15) is 0 Å². The molecule has 2 aromatic rings. The summed E-state index contributed by atoms with van der Waals surface area (Å²) in [6.07, 6.45) is 0.486. The Bertz CT molecular complexity index is 655. The van der Waals surface area contributed by atoms with E-state index >= 15 is 0 Å². The molecule has 1 N–H and O–H groups in total. The van der Waals surface area contributed by atoms with Gasteiger partial charge in [-0.3, -0.25) is 0 Å². The number of halogens is 2. The number of hydrogen-bond donors (Lipinski definition) is 1. The Labute approximate surface area is 134 Å². The van der Waals surface area contributed by atoms with Crippen LogP contribution in [-0.2, 0) is 6.61 Å². The van der Waals surface area contributed by atoms with E-state index in [4.69, 9.17) is 33.0 Å². The molecule has 2 aromatic carbocycles. The first-order valence-corrected chi connectivity index (χ1v) is 7.21. The predicted molar refractivity (Wildman–Crippen MR) is 85.8 cm³/mol. The number of hydrogen-bond acceptors (Lipinski definition) is 2. The standard InChI is InChI=1S/C17H14Cl2O2/c18-15-8-9-17(16(19)11-15)21-12-14-6-4-13(5-7-14)3-1-2-10-20/h4-9,11,20H,2,10,12H2. The van der Waals surface area contributed by atoms with Crippen molar-refractivity contribution >= 4 is 23.2 Å². The first-order valence-electron chi connectivity index (χ1n) is 6.45. The van der Waals surface area contributed by atoms with Crippen molar-refractivity contribution in [3.8, 4) is 17.6 Å². The number of rotatable bonds is 4. The molecule has 0 spiro atoms. The Hall–Kier alpha value is -1.66. The molecule has 0 heterocycles. The van der Waals surface area contributed by atoms with Crippen molar-refractivity contribution in [2.45, 2.75) is 13.0 Å². The second-order valence-corrected chi connectivity index (χ2v) is 5.18. The summed E-state index contributed by atoms with van der Waals surface area (Å²) in [5.41, 5.74) is 1.94. The van der Waals surface area contributed by atoms with Gasteiger partial charge < -0.3 is 9.84 Å². The van der Waals surface area contributed by atoms with Crippen molar-refractivity contribution in [1.82, 2.24) is 0 Å². The molecule has 0 aliphatic carbocycles. The fourth-order valence-corrected chi connectivity index (χ4v) is 2.12. The van der Waals surface area contributed by atoms with E-state index in [-0.39, 0.29) is 6.61 Å². The van der Waals surface area contributed by atoms with Crippen molar-refractivity contribution in [2.75, 3.05) is 6.61 Å². The number of aliphatic hydroxyl groups excluding tert-OH is 1. The lowest BCUT2D eigenvalue weighted by Crippen LogP contribution is -1.96. The number of benzene rings is 2. The Kier molecular flexibility index (Phi) is 5.95. The summed E-state index contributed by atoms with van der Waals surface area (Å²) < 4.78 is 5.66. The average molecular weight is 321 g/mol. The van der Waals surface area contributed by atoms with Gasteiger partial charge in [-0.25, -0.2) is 0 Å². The molecule has 0 aromatic heterocycles. The van der Waals surface area contributed by atoms with Crippen LogP contribution in [0.1, 0.15) is 17.5 Å². The molecular formula is C17H14Cl2O2. The van der Waals surface area contributed by atoms with E-state index in [0.29, 0.717) is 28.8 Å². The van der Waals surface area contributed by atoms with Crippen molar-refractivity contribution < 1.29 is 9.84 Å². The van der Waals surface area contributed by atoms with Gasteiger partial charge in [0.15, 0.2) is 0 Å². The minimum absolute atomic E-state index is 0.0841. The summed E-state index contributed by atoms with van der Waals surface area (Å²) in [6.45, 7) is 0.506. The molecule has 21 heavy (non-hydrogen) atoms. The maximum Gasteiger partial charge on any atom is 0.138 e. The molecule has 0 aliphatic heterocycles. The molecule has 0 saturated heterocycles. The van der Waals surface area contributed by atoms with Crippen LogP contribution in [0.3, 0.4) is 0 Å². The summed E-state index contributed by atoms with van der Waals surface area (Å²) in [6, 6.07) is 12.9. The molecule has 0 saturated carbocycles. The highest BCUT2D eigenvalue weighted by Crippen LogP contribution is 2.28. The van der Waals surface area contributed by atoms with Crippen LogP contribution in [-0.4, -0.2) is 11.7 Å². The normalized spacial score (nSPS) is 9.86. The quantitative estimate of drug-likeness (QED) is 0.851. The Balaban J connectivity index is 1.96. The monoisotopic (exact) mass is 320 g/mol. The van der Waals surface area contributed by atoms with E-state index in [2.05, 4.69) is 11.8 Å². The Morgan fingerprint density at radius 3 is 2.48 bits per heavy atom. The lowest BCUT2D eigenvalue weighted by Gasteiger charge is -2.08. The SMILES string of the molecule is OCCC#Cc1ccc(COc2ccc(Cl)cc2Cl)cc1. The Morgan fingerprint density at radius 2 is 1.81 bits per heavy atom. The van der Waals surface area contributed by atoms with Crippen LogP contribution in [0.25, 0.3) is 0 Å². The maximum atomic E-state index is 8.67. The zero-order valence-electron chi connectivity index (χ0n) is 11.3. The van der Waals surface area contributed by atoms with Crippen LogP contribution in [0.5, 0.6) is 5.75 Å². The van der Waals surface area contributed by atoms with Crippen molar-refractivity contribution in [1.29, 1.82) is 0 Å². The highest BCUT2D eigenvalue weighted by molar-refractivity contribution is 6.35. The molecule has 4 heteroatoms. The fraction of sp³-hybridized carbons (Fsp3) is 0.176. The predicted octanol–water partition coefficient (Wildman–Crippen LogP) is 4.31. The molecule has 0 bridgehead atoms. The lowest BCUT2D eigenvalue weighted by molar-refractivity contribution is 0.305. The second kappa shape index (κ2) is 7.95. The van der Waals surface area contributed by atoms with Crippen LogP contribution in [0.4, 0.5) is 0 Å². The van der Waals surface area contributed by atoms with E-state index in [1.165, 1.54) is 0 Å². The zero-order chi connectivity index (χ0) is 15.1. The smallest absolute Gasteiger partial charge is 0.138 e. The molecular weight excluding hydrogens is 307 g/mol. The summed E-state index contributed by atoms with van der Waals surface area (Å²) in [5, 5.41) is 9.74. The van der Waals surface area contributed by atoms with E-state index in [1.807, 2.05) is 24.3 Å². The molecule has 0 aliphatic rings. The molecule has 0 fully saturated rings. The van der Waals surface area contributed by atoms with Crippen molar-refractivity contribution in [3.05, 3.63) is 63.6 Å². The third-order valence-electron chi connectivity index (χ3n) is 2.71. The topological polar surface area (TPSA) is 29.5 Å². The van der Waals surface area contributed by atoms with Gasteiger partial charge in [0, 0.05) is 17.0 Å². The molecule has 0 radical (unpaired) electrons. The van der Waals surface area contributed by atoms with Gasteiger partial charge in [0.2, 0.25) is 0 Å². The van der Waals surface area contributed by atoms with Crippen LogP contribution in [0.15, 0.2) is 42.5 Å². The zero-order valence-corrected chi connectivity index (χ0v) is 12.8. The second-order valence-electron chi connectivity index (χ2n) is 4.34. The summed E-state index contributed by atoms with van der Waals surface area (Å²) >= 11 is 11.9. The summed E-state index contributed by atoms with van der Waals surface area (Å²) in [4.78, 5) is 0. The van der Waals surface area contributed by atoms with E-state index in [1.54, 1.807) is 18.2 Å². The van der Waals surface area contributed by atoms with Crippen LogP contribution < -0.4 is 4.74 Å². The van der Waals surface area contributed by atoms with Gasteiger partial charge in [-0.05, 0) is 35.9 Å². The first-order chi connectivity index (χ1) is 10.2. The molecule has 0 unspecified atom stereocenters. The van der Waals surface area contributed by atoms with Gasteiger partial charge in [0.25, 0.3) is 0 Å². The van der Waals surface area contributed by atoms with E-state index < -0.39 is 0 Å². The average Bonchev–Trinajstić information content (AvgIpc) is 2.48. The minimum Gasteiger partial charge on any atom is -0.487 e. The lowest BCUT2D eigenvalue weighted by atomic mass is 10.1.